The zero-order chi connectivity index (χ0) is 14.0. The molecule has 6 unspecified atom stereocenters. The van der Waals surface area contributed by atoms with Crippen molar-refractivity contribution in [2.75, 3.05) is 0 Å². The van der Waals surface area contributed by atoms with Crippen molar-refractivity contribution in [2.45, 2.75) is 58.1 Å². The summed E-state index contributed by atoms with van der Waals surface area (Å²) in [6.07, 6.45) is 0.312. The summed E-state index contributed by atoms with van der Waals surface area (Å²) in [4.78, 5) is 12.1. The van der Waals surface area contributed by atoms with Crippen molar-refractivity contribution in [3.63, 3.8) is 0 Å². The van der Waals surface area contributed by atoms with E-state index in [9.17, 15) is 13.2 Å². The van der Waals surface area contributed by atoms with Crippen LogP contribution in [0.15, 0.2) is 0 Å². The smallest absolute Gasteiger partial charge is 0.322 e. The molecule has 3 rings (SSSR count). The van der Waals surface area contributed by atoms with Gasteiger partial charge in [0, 0.05) is 5.25 Å². The van der Waals surface area contributed by atoms with E-state index in [1.807, 2.05) is 13.8 Å². The molecule has 0 amide bonds. The summed E-state index contributed by atoms with van der Waals surface area (Å²) in [5, 5.41) is -0.403. The summed E-state index contributed by atoms with van der Waals surface area (Å²) in [7, 11) is -3.46. The molecule has 8 heteroatoms. The fourth-order valence-electron chi connectivity index (χ4n) is 2.76. The van der Waals surface area contributed by atoms with Gasteiger partial charge in [-0.2, -0.15) is 8.42 Å². The number of hydrogen-bond acceptors (Lipinski definition) is 6. The Hall–Kier alpha value is 0.460. The zero-order valence-corrected chi connectivity index (χ0v) is 14.3. The lowest BCUT2D eigenvalue weighted by molar-refractivity contribution is -0.155. The van der Waals surface area contributed by atoms with Gasteiger partial charge < -0.3 is 4.74 Å². The van der Waals surface area contributed by atoms with Crippen molar-refractivity contribution in [3.8, 4) is 0 Å². The van der Waals surface area contributed by atoms with E-state index in [-0.39, 0.29) is 16.5 Å². The van der Waals surface area contributed by atoms with Crippen LogP contribution in [0, 0.1) is 0 Å². The highest BCUT2D eigenvalue weighted by atomic mass is 127. The molecule has 3 heterocycles. The standard InChI is InChI=1S/C11H15IO5S2/c1-3-11(2,12)10(13)16-7-5-4-6-9(18-5)8(7)17-19(6,14)15/h5-9H,3-4H2,1-2H3. The molecule has 0 aromatic heterocycles. The van der Waals surface area contributed by atoms with Crippen LogP contribution in [0.1, 0.15) is 26.7 Å². The molecular formula is C11H15IO5S2. The number of hydrogen-bond donors (Lipinski definition) is 0. The number of carbonyl (C=O) groups excluding carboxylic acids is 1. The van der Waals surface area contributed by atoms with Crippen molar-refractivity contribution in [1.29, 1.82) is 0 Å². The van der Waals surface area contributed by atoms with Crippen LogP contribution in [0.3, 0.4) is 0 Å². The number of thioether (sulfide) groups is 1. The number of fused-ring (bicyclic) bond motifs is 1. The Bertz CT molecular complexity index is 517. The summed E-state index contributed by atoms with van der Waals surface area (Å²) in [6.45, 7) is 3.75. The van der Waals surface area contributed by atoms with Gasteiger partial charge in [-0.15, -0.1) is 11.8 Å². The van der Waals surface area contributed by atoms with Crippen LogP contribution >= 0.6 is 34.4 Å². The Morgan fingerprint density at radius 1 is 1.58 bits per heavy atom. The molecule has 0 spiro atoms. The van der Waals surface area contributed by atoms with E-state index in [1.54, 1.807) is 11.8 Å². The van der Waals surface area contributed by atoms with E-state index in [2.05, 4.69) is 22.6 Å². The van der Waals surface area contributed by atoms with Crippen LogP contribution in [0.4, 0.5) is 0 Å². The van der Waals surface area contributed by atoms with Gasteiger partial charge in [-0.3, -0.25) is 8.98 Å². The van der Waals surface area contributed by atoms with Crippen molar-refractivity contribution in [2.24, 2.45) is 0 Å². The lowest BCUT2D eigenvalue weighted by Crippen LogP contribution is -2.44. The molecule has 3 saturated heterocycles. The second-order valence-electron chi connectivity index (χ2n) is 5.39. The number of ether oxygens (including phenoxy) is 1. The van der Waals surface area contributed by atoms with Crippen molar-refractivity contribution < 1.29 is 22.1 Å². The van der Waals surface area contributed by atoms with E-state index in [4.69, 9.17) is 8.92 Å². The van der Waals surface area contributed by atoms with Crippen LogP contribution in [0.2, 0.25) is 0 Å². The summed E-state index contributed by atoms with van der Waals surface area (Å²) in [5.41, 5.74) is 0. The monoisotopic (exact) mass is 418 g/mol. The van der Waals surface area contributed by atoms with Gasteiger partial charge in [-0.05, 0) is 19.8 Å². The number of carbonyl (C=O) groups is 1. The van der Waals surface area contributed by atoms with E-state index in [0.29, 0.717) is 12.8 Å². The number of alkyl halides is 1. The highest BCUT2D eigenvalue weighted by Gasteiger charge is 2.66. The zero-order valence-electron chi connectivity index (χ0n) is 10.5. The Balaban J connectivity index is 1.77. The average Bonchev–Trinajstić information content (AvgIpc) is 2.92. The molecule has 108 valence electrons. The van der Waals surface area contributed by atoms with E-state index >= 15 is 0 Å². The second-order valence-corrected chi connectivity index (χ2v) is 11.0. The summed E-state index contributed by atoms with van der Waals surface area (Å²) < 4.78 is 33.7. The van der Waals surface area contributed by atoms with Crippen LogP contribution in [-0.2, 0) is 23.8 Å². The molecule has 0 aliphatic carbocycles. The summed E-state index contributed by atoms with van der Waals surface area (Å²) in [5.74, 6) is -0.279. The lowest BCUT2D eigenvalue weighted by Gasteiger charge is -2.27. The Morgan fingerprint density at radius 2 is 2.26 bits per heavy atom. The molecule has 0 radical (unpaired) electrons. The molecule has 6 atom stereocenters. The maximum atomic E-state index is 12.1. The number of rotatable bonds is 3. The third-order valence-corrected chi connectivity index (χ3v) is 8.94. The van der Waals surface area contributed by atoms with Crippen LogP contribution in [0.5, 0.6) is 0 Å². The van der Waals surface area contributed by atoms with Gasteiger partial charge in [0.1, 0.15) is 20.9 Å². The fraction of sp³-hybridized carbons (Fsp3) is 0.909. The minimum atomic E-state index is -3.46. The third kappa shape index (κ3) is 2.13. The van der Waals surface area contributed by atoms with Crippen molar-refractivity contribution >= 4 is 50.4 Å². The molecule has 2 bridgehead atoms. The maximum absolute atomic E-state index is 12.1. The SMILES string of the molecule is CCC(C)(I)C(=O)OC1C2CC3C(S2)C1OS3(=O)=O. The molecule has 3 aliphatic heterocycles. The Morgan fingerprint density at radius 3 is 2.89 bits per heavy atom. The summed E-state index contributed by atoms with van der Waals surface area (Å²) >= 11 is 3.68. The molecular weight excluding hydrogens is 403 g/mol. The molecule has 0 aromatic rings. The predicted molar refractivity (Wildman–Crippen MR) is 80.0 cm³/mol. The molecule has 19 heavy (non-hydrogen) atoms. The minimum absolute atomic E-state index is 0.0603. The predicted octanol–water partition coefficient (Wildman–Crippen LogP) is 1.49. The highest BCUT2D eigenvalue weighted by Crippen LogP contribution is 2.56. The largest absolute Gasteiger partial charge is 0.457 e. The van der Waals surface area contributed by atoms with Crippen LogP contribution < -0.4 is 0 Å². The molecule has 0 N–H and O–H groups in total. The molecule has 5 nitrogen and oxygen atoms in total. The Labute approximate surface area is 130 Å². The van der Waals surface area contributed by atoms with Gasteiger partial charge in [0.25, 0.3) is 10.1 Å². The fourth-order valence-corrected chi connectivity index (χ4v) is 7.03. The molecule has 3 aliphatic rings. The van der Waals surface area contributed by atoms with Crippen LogP contribution in [0.25, 0.3) is 0 Å². The second kappa shape index (κ2) is 4.48. The van der Waals surface area contributed by atoms with Gasteiger partial charge in [0.2, 0.25) is 0 Å². The molecule has 3 fully saturated rings. The molecule has 0 saturated carbocycles. The van der Waals surface area contributed by atoms with Crippen molar-refractivity contribution in [3.05, 3.63) is 0 Å². The normalized spacial score (nSPS) is 45.1. The summed E-state index contributed by atoms with van der Waals surface area (Å²) in [6, 6.07) is 0. The Kier molecular flexibility index (Phi) is 3.39. The first-order valence-electron chi connectivity index (χ1n) is 6.24. The van der Waals surface area contributed by atoms with E-state index in [1.165, 1.54) is 0 Å². The van der Waals surface area contributed by atoms with Gasteiger partial charge in [-0.25, -0.2) is 0 Å². The number of esters is 1. The first kappa shape index (κ1) is 14.4. The highest BCUT2D eigenvalue weighted by molar-refractivity contribution is 14.1. The average molecular weight is 418 g/mol. The van der Waals surface area contributed by atoms with E-state index in [0.717, 1.165) is 0 Å². The quantitative estimate of drug-likeness (QED) is 0.300. The maximum Gasteiger partial charge on any atom is 0.322 e. The van der Waals surface area contributed by atoms with Gasteiger partial charge in [0.15, 0.2) is 0 Å². The third-order valence-electron chi connectivity index (χ3n) is 4.13. The lowest BCUT2D eigenvalue weighted by atomic mass is 9.94. The first-order valence-corrected chi connectivity index (χ1v) is 9.73. The van der Waals surface area contributed by atoms with E-state index < -0.39 is 31.0 Å². The molecule has 0 aromatic carbocycles. The topological polar surface area (TPSA) is 69.7 Å². The minimum Gasteiger partial charge on any atom is -0.457 e. The number of halogens is 1. The van der Waals surface area contributed by atoms with Gasteiger partial charge >= 0.3 is 5.97 Å². The van der Waals surface area contributed by atoms with Crippen molar-refractivity contribution in [1.82, 2.24) is 0 Å². The van der Waals surface area contributed by atoms with Crippen LogP contribution in [-0.4, -0.2) is 45.8 Å². The first-order chi connectivity index (χ1) is 8.76. The van der Waals surface area contributed by atoms with Gasteiger partial charge in [-0.1, -0.05) is 29.5 Å². The van der Waals surface area contributed by atoms with Gasteiger partial charge in [0.05, 0.1) is 5.25 Å².